The van der Waals surface area contributed by atoms with E-state index >= 15 is 0 Å². The fourth-order valence-corrected chi connectivity index (χ4v) is 3.12. The predicted molar refractivity (Wildman–Crippen MR) is 106 cm³/mol. The topological polar surface area (TPSA) is 34.1 Å². The normalized spacial score (nSPS) is 15.7. The van der Waals surface area contributed by atoms with Gasteiger partial charge in [-0.1, -0.05) is 23.7 Å². The number of rotatable bonds is 7. The largest absolute Gasteiger partial charge is 0.375 e. The number of aryl methyl sites for hydroxylation is 1. The summed E-state index contributed by atoms with van der Waals surface area (Å²) < 4.78 is 24.8. The van der Waals surface area contributed by atoms with Crippen LogP contribution in [-0.2, 0) is 21.7 Å². The first-order valence-electron chi connectivity index (χ1n) is 8.95. The maximum atomic E-state index is 13.1. The van der Waals surface area contributed by atoms with E-state index in [4.69, 9.17) is 21.1 Å². The predicted octanol–water partition coefficient (Wildman–Crippen LogP) is 4.84. The minimum absolute atomic E-state index is 0.257. The average molecular weight is 391 g/mol. The lowest BCUT2D eigenvalue weighted by molar-refractivity contribution is -0.223. The SMILES string of the molecule is CCN(C)C=Nc1cc(C)c(C2(OCc3ccc(F)cc3)COC2)cc1Cl. The molecule has 1 heterocycles. The van der Waals surface area contributed by atoms with Crippen molar-refractivity contribution in [1.82, 2.24) is 4.90 Å². The lowest BCUT2D eigenvalue weighted by Gasteiger charge is -2.42. The van der Waals surface area contributed by atoms with Gasteiger partial charge in [-0.05, 0) is 54.8 Å². The lowest BCUT2D eigenvalue weighted by Crippen LogP contribution is -2.49. The molecule has 0 bridgehead atoms. The molecule has 0 amide bonds. The monoisotopic (exact) mass is 390 g/mol. The van der Waals surface area contributed by atoms with Crippen molar-refractivity contribution in [3.05, 3.63) is 63.9 Å². The summed E-state index contributed by atoms with van der Waals surface area (Å²) in [4.78, 5) is 6.45. The van der Waals surface area contributed by atoms with E-state index in [1.807, 2.05) is 31.0 Å². The van der Waals surface area contributed by atoms with Crippen LogP contribution in [0.5, 0.6) is 0 Å². The van der Waals surface area contributed by atoms with Gasteiger partial charge in [0.25, 0.3) is 0 Å². The highest BCUT2D eigenvalue weighted by Crippen LogP contribution is 2.40. The molecule has 6 heteroatoms. The summed E-state index contributed by atoms with van der Waals surface area (Å²) in [7, 11) is 1.96. The molecule has 3 rings (SSSR count). The third kappa shape index (κ3) is 4.49. The van der Waals surface area contributed by atoms with Crippen molar-refractivity contribution in [3.8, 4) is 0 Å². The summed E-state index contributed by atoms with van der Waals surface area (Å²) in [5, 5.41) is 0.577. The molecule has 2 aromatic carbocycles. The van der Waals surface area contributed by atoms with E-state index in [1.165, 1.54) is 12.1 Å². The maximum absolute atomic E-state index is 13.1. The van der Waals surface area contributed by atoms with E-state index in [1.54, 1.807) is 18.5 Å². The number of benzene rings is 2. The molecule has 27 heavy (non-hydrogen) atoms. The third-order valence-corrected chi connectivity index (χ3v) is 5.08. The first kappa shape index (κ1) is 19.8. The fourth-order valence-electron chi connectivity index (χ4n) is 2.90. The Morgan fingerprint density at radius 1 is 1.30 bits per heavy atom. The molecule has 4 nitrogen and oxygen atoms in total. The standard InChI is InChI=1S/C21H24ClFN2O2/c1-4-25(3)14-24-20-9-15(2)18(10-19(20)22)21(12-26-13-21)27-11-16-5-7-17(23)8-6-16/h5-10,14H,4,11-13H2,1-3H3. The Hall–Kier alpha value is -1.95. The van der Waals surface area contributed by atoms with Gasteiger partial charge in [-0.2, -0.15) is 0 Å². The Morgan fingerprint density at radius 2 is 2.00 bits per heavy atom. The van der Waals surface area contributed by atoms with Crippen LogP contribution in [0.4, 0.5) is 10.1 Å². The second kappa shape index (κ2) is 8.38. The minimum Gasteiger partial charge on any atom is -0.375 e. The Morgan fingerprint density at radius 3 is 2.59 bits per heavy atom. The second-order valence-corrected chi connectivity index (χ2v) is 7.25. The Labute approximate surface area is 164 Å². The Balaban J connectivity index is 1.81. The third-order valence-electron chi connectivity index (χ3n) is 4.78. The zero-order chi connectivity index (χ0) is 19.4. The minimum atomic E-state index is -0.537. The van der Waals surface area contributed by atoms with Crippen molar-refractivity contribution in [2.45, 2.75) is 26.1 Å². The number of ether oxygens (including phenoxy) is 2. The molecule has 144 valence electrons. The molecule has 1 fully saturated rings. The molecule has 2 aromatic rings. The molecule has 0 spiro atoms. The smallest absolute Gasteiger partial charge is 0.140 e. The van der Waals surface area contributed by atoms with Crippen LogP contribution in [-0.4, -0.2) is 38.0 Å². The van der Waals surface area contributed by atoms with Crippen molar-refractivity contribution in [1.29, 1.82) is 0 Å². The highest BCUT2D eigenvalue weighted by Gasteiger charge is 2.43. The van der Waals surface area contributed by atoms with Crippen molar-refractivity contribution in [2.75, 3.05) is 26.8 Å². The average Bonchev–Trinajstić information content (AvgIpc) is 2.63. The molecule has 0 N–H and O–H groups in total. The van der Waals surface area contributed by atoms with Crippen molar-refractivity contribution >= 4 is 23.6 Å². The van der Waals surface area contributed by atoms with Crippen LogP contribution >= 0.6 is 11.6 Å². The van der Waals surface area contributed by atoms with Crippen LogP contribution in [0.3, 0.4) is 0 Å². The molecule has 0 aromatic heterocycles. The molecular formula is C21H24ClFN2O2. The van der Waals surface area contributed by atoms with Gasteiger partial charge in [0.15, 0.2) is 0 Å². The number of hydrogen-bond acceptors (Lipinski definition) is 3. The van der Waals surface area contributed by atoms with Crippen LogP contribution in [0.1, 0.15) is 23.6 Å². The molecule has 0 saturated carbocycles. The Kier molecular flexibility index (Phi) is 6.15. The van der Waals surface area contributed by atoms with E-state index in [0.29, 0.717) is 24.8 Å². The van der Waals surface area contributed by atoms with Gasteiger partial charge in [0, 0.05) is 13.6 Å². The molecule has 0 radical (unpaired) electrons. The number of halogens is 2. The van der Waals surface area contributed by atoms with E-state index in [9.17, 15) is 4.39 Å². The lowest BCUT2D eigenvalue weighted by atomic mass is 9.88. The van der Waals surface area contributed by atoms with Gasteiger partial charge in [-0.3, -0.25) is 0 Å². The summed E-state index contributed by atoms with van der Waals surface area (Å²) in [6.07, 6.45) is 1.77. The van der Waals surface area contributed by atoms with Crippen LogP contribution in [0, 0.1) is 12.7 Å². The molecule has 0 unspecified atom stereocenters. The zero-order valence-corrected chi connectivity index (χ0v) is 16.6. The molecule has 1 saturated heterocycles. The van der Waals surface area contributed by atoms with Crippen molar-refractivity contribution in [3.63, 3.8) is 0 Å². The Bertz CT molecular complexity index is 820. The van der Waals surface area contributed by atoms with Gasteiger partial charge in [-0.15, -0.1) is 0 Å². The van der Waals surface area contributed by atoms with E-state index < -0.39 is 5.60 Å². The fraction of sp³-hybridized carbons (Fsp3) is 0.381. The number of nitrogens with zero attached hydrogens (tertiary/aromatic N) is 2. The quantitative estimate of drug-likeness (QED) is 0.501. The van der Waals surface area contributed by atoms with E-state index in [-0.39, 0.29) is 5.82 Å². The van der Waals surface area contributed by atoms with Crippen molar-refractivity contribution in [2.24, 2.45) is 4.99 Å². The van der Waals surface area contributed by atoms with E-state index in [2.05, 4.69) is 11.9 Å². The van der Waals surface area contributed by atoms with Crippen LogP contribution in [0.2, 0.25) is 5.02 Å². The van der Waals surface area contributed by atoms with Crippen LogP contribution in [0.15, 0.2) is 41.4 Å². The second-order valence-electron chi connectivity index (χ2n) is 6.84. The first-order valence-corrected chi connectivity index (χ1v) is 9.32. The summed E-state index contributed by atoms with van der Waals surface area (Å²) in [6.45, 7) is 6.26. The van der Waals surface area contributed by atoms with Gasteiger partial charge in [0.2, 0.25) is 0 Å². The molecule has 0 aliphatic carbocycles. The van der Waals surface area contributed by atoms with Crippen molar-refractivity contribution < 1.29 is 13.9 Å². The number of aliphatic imine (C=N–C) groups is 1. The molecule has 1 aliphatic rings. The molecule has 1 aliphatic heterocycles. The van der Waals surface area contributed by atoms with Gasteiger partial charge in [-0.25, -0.2) is 9.38 Å². The molecular weight excluding hydrogens is 367 g/mol. The number of hydrogen-bond donors (Lipinski definition) is 0. The summed E-state index contributed by atoms with van der Waals surface area (Å²) in [6, 6.07) is 10.2. The molecule has 0 atom stereocenters. The summed E-state index contributed by atoms with van der Waals surface area (Å²) in [5.74, 6) is -0.257. The van der Waals surface area contributed by atoms with E-state index in [0.717, 1.165) is 28.9 Å². The highest BCUT2D eigenvalue weighted by atomic mass is 35.5. The van der Waals surface area contributed by atoms with Crippen LogP contribution in [0.25, 0.3) is 0 Å². The van der Waals surface area contributed by atoms with Crippen LogP contribution < -0.4 is 0 Å². The van der Waals surface area contributed by atoms with Gasteiger partial charge in [0.05, 0.1) is 36.9 Å². The first-order chi connectivity index (χ1) is 12.9. The maximum Gasteiger partial charge on any atom is 0.140 e. The van der Waals surface area contributed by atoms with Gasteiger partial charge < -0.3 is 14.4 Å². The summed E-state index contributed by atoms with van der Waals surface area (Å²) >= 11 is 6.48. The van der Waals surface area contributed by atoms with Gasteiger partial charge >= 0.3 is 0 Å². The van der Waals surface area contributed by atoms with Gasteiger partial charge in [0.1, 0.15) is 11.4 Å². The summed E-state index contributed by atoms with van der Waals surface area (Å²) in [5.41, 5.74) is 3.16. The highest BCUT2D eigenvalue weighted by molar-refractivity contribution is 6.33. The zero-order valence-electron chi connectivity index (χ0n) is 15.8.